The number of ether oxygens (including phenoxy) is 3. The fourth-order valence-electron chi connectivity index (χ4n) is 9.72. The van der Waals surface area contributed by atoms with Crippen molar-refractivity contribution in [3.63, 3.8) is 0 Å². The number of methoxy groups -OCH3 is 2. The summed E-state index contributed by atoms with van der Waals surface area (Å²) in [5.74, 6) is -3.51. The highest BCUT2D eigenvalue weighted by Crippen LogP contribution is 2.31. The third kappa shape index (κ3) is 17.0. The number of carbonyl (C=O) groups is 6. The summed E-state index contributed by atoms with van der Waals surface area (Å²) in [5.41, 5.74) is 0.548. The summed E-state index contributed by atoms with van der Waals surface area (Å²) < 4.78 is 17.7. The van der Waals surface area contributed by atoms with E-state index in [1.54, 1.807) is 44.3 Å². The first-order chi connectivity index (χ1) is 32.9. The van der Waals surface area contributed by atoms with Gasteiger partial charge in [-0.2, -0.15) is 0 Å². The van der Waals surface area contributed by atoms with E-state index >= 15 is 0 Å². The van der Waals surface area contributed by atoms with Gasteiger partial charge < -0.3 is 44.9 Å². The topological polar surface area (TPSA) is 189 Å². The zero-order valence-electron chi connectivity index (χ0n) is 45.1. The van der Waals surface area contributed by atoms with Crippen LogP contribution in [-0.4, -0.2) is 139 Å². The third-order valence-corrected chi connectivity index (χ3v) is 14.4. The number of alkyl carbamates (subject to hydrolysis) is 1. The van der Waals surface area contributed by atoms with Crippen LogP contribution in [0, 0.1) is 35.5 Å². The quantitative estimate of drug-likeness (QED) is 0.0865. The number of likely N-dealkylation sites (tertiary alicyclic amines) is 1. The number of nitrogens with zero attached hydrogens (tertiary/aromatic N) is 4. The van der Waals surface area contributed by atoms with Crippen LogP contribution in [0.15, 0.2) is 41.9 Å². The van der Waals surface area contributed by atoms with E-state index in [-0.39, 0.29) is 72.4 Å². The average molecular weight is 998 g/mol. The van der Waals surface area contributed by atoms with Crippen molar-refractivity contribution in [2.24, 2.45) is 35.5 Å². The van der Waals surface area contributed by atoms with Crippen molar-refractivity contribution in [1.29, 1.82) is 0 Å². The molecule has 3 N–H and O–H groups in total. The largest absolute Gasteiger partial charge is 0.449 e. The van der Waals surface area contributed by atoms with Gasteiger partial charge in [-0.1, -0.05) is 99.1 Å². The van der Waals surface area contributed by atoms with E-state index in [0.29, 0.717) is 32.2 Å². The molecule has 3 rings (SSSR count). The van der Waals surface area contributed by atoms with Crippen LogP contribution >= 0.6 is 11.3 Å². The van der Waals surface area contributed by atoms with E-state index in [0.717, 1.165) is 17.0 Å². The summed E-state index contributed by atoms with van der Waals surface area (Å²) in [6, 6.07) is 6.78. The Morgan fingerprint density at radius 2 is 1.53 bits per heavy atom. The van der Waals surface area contributed by atoms with E-state index in [9.17, 15) is 28.8 Å². The Hall–Kier alpha value is -4.61. The smallest absolute Gasteiger partial charge is 0.407 e. The van der Waals surface area contributed by atoms with E-state index in [4.69, 9.17) is 14.2 Å². The predicted molar refractivity (Wildman–Crippen MR) is 275 cm³/mol. The van der Waals surface area contributed by atoms with Gasteiger partial charge in [0.2, 0.25) is 29.5 Å². The highest BCUT2D eigenvalue weighted by Gasteiger charge is 2.44. The lowest BCUT2D eigenvalue weighted by molar-refractivity contribution is -0.149. The SMILES string of the molecule is CC[C@H](C)[C@@H]([C@@H](CC(=O)N1CCC[C@H]1[C@H](OC)[C@@H](C)C(=O)N[C@@H](Cc1ccccc1)c1nccs1)OC)N(C)C(=O)[C@@H](NC(=O)[C@H](C(C)C)N(C)C(=O)[C@H](COC(=O)NC(C)(C)C)CC(C)C)C(C)C. The molecule has 1 aromatic carbocycles. The lowest BCUT2D eigenvalue weighted by Crippen LogP contribution is -2.60. The molecule has 17 heteroatoms. The highest BCUT2D eigenvalue weighted by atomic mass is 32.1. The maximum absolute atomic E-state index is 14.8. The normalized spacial score (nSPS) is 18.0. The Kier molecular flexibility index (Phi) is 23.7. The number of likely N-dealkylation sites (N-methyl/N-ethyl adjacent to an activating group) is 2. The Morgan fingerprint density at radius 3 is 2.06 bits per heavy atom. The lowest BCUT2D eigenvalue weighted by Gasteiger charge is -2.41. The molecular formula is C53H87N7O9S. The molecule has 1 fully saturated rings. The number of carbonyl (C=O) groups excluding carboxylic acids is 6. The number of hydrogen-bond donors (Lipinski definition) is 3. The van der Waals surface area contributed by atoms with Crippen molar-refractivity contribution in [1.82, 2.24) is 35.6 Å². The van der Waals surface area contributed by atoms with Crippen LogP contribution in [0.3, 0.4) is 0 Å². The van der Waals surface area contributed by atoms with E-state index in [2.05, 4.69) is 20.9 Å². The van der Waals surface area contributed by atoms with Gasteiger partial charge in [0, 0.05) is 52.0 Å². The fourth-order valence-corrected chi connectivity index (χ4v) is 10.4. The van der Waals surface area contributed by atoms with Gasteiger partial charge in [-0.05, 0) is 75.7 Å². The highest BCUT2D eigenvalue weighted by molar-refractivity contribution is 7.09. The number of thiazole rings is 1. The lowest BCUT2D eigenvalue weighted by atomic mass is 9.89. The Bertz CT molecular complexity index is 1960. The maximum Gasteiger partial charge on any atom is 0.407 e. The van der Waals surface area contributed by atoms with Gasteiger partial charge in [0.05, 0.1) is 48.6 Å². The van der Waals surface area contributed by atoms with Gasteiger partial charge in [0.25, 0.3) is 0 Å². The van der Waals surface area contributed by atoms with Crippen molar-refractivity contribution >= 4 is 47.0 Å². The van der Waals surface area contributed by atoms with Crippen molar-refractivity contribution in [3.05, 3.63) is 52.5 Å². The average Bonchev–Trinajstić information content (AvgIpc) is 4.02. The molecule has 394 valence electrons. The molecular weight excluding hydrogens is 911 g/mol. The first kappa shape index (κ1) is 59.7. The van der Waals surface area contributed by atoms with Crippen LogP contribution in [-0.2, 0) is 44.6 Å². The van der Waals surface area contributed by atoms with Crippen molar-refractivity contribution in [3.8, 4) is 0 Å². The van der Waals surface area contributed by atoms with Crippen molar-refractivity contribution in [2.45, 2.75) is 170 Å². The second-order valence-corrected chi connectivity index (χ2v) is 22.3. The molecule has 0 spiro atoms. The molecule has 70 heavy (non-hydrogen) atoms. The number of hydrogen-bond acceptors (Lipinski definition) is 11. The third-order valence-electron chi connectivity index (χ3n) is 13.5. The standard InChI is InChI=1S/C53H87N7O9S/c1-17-35(8)45(59(14)51(65)43(33(4)5)56-48(63)44(34(6)7)58(13)50(64)38(28-32(2)3)31-69-52(66)57-53(10,11)12)41(67-15)30-42(61)60-26-21-24-40(60)46(68-16)36(9)47(62)55-39(49-54-25-27-70-49)29-37-22-19-18-20-23-37/h18-20,22-23,25,27,32-36,38-41,43-46H,17,21,24,26,28-31H2,1-16H3,(H,55,62)(H,56,63)(H,57,66)/t35-,36+,38-,39-,40-,41+,43-,44-,45-,46+/m0/s1. The summed E-state index contributed by atoms with van der Waals surface area (Å²) in [6.07, 6.45) is 2.84. The summed E-state index contributed by atoms with van der Waals surface area (Å²) >= 11 is 1.49. The molecule has 0 aliphatic carbocycles. The van der Waals surface area contributed by atoms with Crippen LogP contribution in [0.2, 0.25) is 0 Å². The molecule has 16 nitrogen and oxygen atoms in total. The number of amides is 6. The summed E-state index contributed by atoms with van der Waals surface area (Å²) in [7, 11) is 6.39. The van der Waals surface area contributed by atoms with E-state index in [1.807, 2.05) is 119 Å². The minimum Gasteiger partial charge on any atom is -0.449 e. The molecule has 0 saturated carbocycles. The zero-order valence-corrected chi connectivity index (χ0v) is 45.9. The van der Waals surface area contributed by atoms with Crippen LogP contribution in [0.5, 0.6) is 0 Å². The summed E-state index contributed by atoms with van der Waals surface area (Å²) in [5, 5.41) is 11.7. The van der Waals surface area contributed by atoms with Crippen LogP contribution in [0.25, 0.3) is 0 Å². The Labute approximate surface area is 423 Å². The van der Waals surface area contributed by atoms with E-state index in [1.165, 1.54) is 16.2 Å². The molecule has 2 aromatic rings. The van der Waals surface area contributed by atoms with Gasteiger partial charge in [-0.25, -0.2) is 9.78 Å². The predicted octanol–water partition coefficient (Wildman–Crippen LogP) is 7.27. The van der Waals surface area contributed by atoms with E-state index < -0.39 is 59.7 Å². The Balaban J connectivity index is 1.81. The minimum absolute atomic E-state index is 0.0278. The van der Waals surface area contributed by atoms with Crippen molar-refractivity contribution in [2.75, 3.05) is 41.5 Å². The van der Waals surface area contributed by atoms with Gasteiger partial charge in [0.1, 0.15) is 23.7 Å². The number of nitrogens with one attached hydrogen (secondary N) is 3. The molecule has 1 aromatic heterocycles. The molecule has 1 aliphatic heterocycles. The van der Waals surface area contributed by atoms with Crippen molar-refractivity contribution < 1.29 is 43.0 Å². The Morgan fingerprint density at radius 1 is 0.871 bits per heavy atom. The molecule has 0 unspecified atom stereocenters. The zero-order chi connectivity index (χ0) is 52.6. The molecule has 2 heterocycles. The van der Waals surface area contributed by atoms with Gasteiger partial charge in [-0.3, -0.25) is 24.0 Å². The minimum atomic E-state index is -0.973. The monoisotopic (exact) mass is 998 g/mol. The first-order valence-corrected chi connectivity index (χ1v) is 26.1. The maximum atomic E-state index is 14.8. The molecule has 0 bridgehead atoms. The molecule has 0 radical (unpaired) electrons. The van der Waals surface area contributed by atoms with Gasteiger partial charge in [0.15, 0.2) is 0 Å². The van der Waals surface area contributed by atoms with Gasteiger partial charge >= 0.3 is 6.09 Å². The van der Waals surface area contributed by atoms with Crippen LogP contribution in [0.1, 0.15) is 132 Å². The second kappa shape index (κ2) is 27.8. The molecule has 1 aliphatic rings. The molecule has 10 atom stereocenters. The first-order valence-electron chi connectivity index (χ1n) is 25.2. The second-order valence-electron chi connectivity index (χ2n) is 21.4. The van der Waals surface area contributed by atoms with Gasteiger partial charge in [-0.15, -0.1) is 11.3 Å². The van der Waals surface area contributed by atoms with Crippen LogP contribution < -0.4 is 16.0 Å². The number of benzene rings is 1. The number of aromatic nitrogens is 1. The summed E-state index contributed by atoms with van der Waals surface area (Å²) in [6.45, 7) is 23.1. The number of rotatable bonds is 26. The fraction of sp³-hybridized carbons (Fsp3) is 0.717. The molecule has 1 saturated heterocycles. The van der Waals surface area contributed by atoms with Crippen LogP contribution in [0.4, 0.5) is 4.79 Å². The summed E-state index contributed by atoms with van der Waals surface area (Å²) in [4.78, 5) is 93.8. The molecule has 6 amide bonds.